The Hall–Kier alpha value is -2.96. The van der Waals surface area contributed by atoms with Crippen molar-refractivity contribution in [3.8, 4) is 0 Å². The molecule has 0 radical (unpaired) electrons. The van der Waals surface area contributed by atoms with Crippen LogP contribution in [-0.2, 0) is 4.79 Å². The van der Waals surface area contributed by atoms with Gasteiger partial charge in [0.1, 0.15) is 0 Å². The normalized spacial score (nSPS) is 10.1. The van der Waals surface area contributed by atoms with E-state index >= 15 is 0 Å². The molecule has 1 aromatic carbocycles. The van der Waals surface area contributed by atoms with Gasteiger partial charge in [-0.25, -0.2) is 9.97 Å². The lowest BCUT2D eigenvalue weighted by molar-refractivity contribution is -0.115. The third kappa shape index (κ3) is 3.57. The molecule has 22 heavy (non-hydrogen) atoms. The molecule has 0 atom stereocenters. The Morgan fingerprint density at radius 3 is 2.64 bits per heavy atom. The Balaban J connectivity index is 1.95. The van der Waals surface area contributed by atoms with Crippen molar-refractivity contribution in [2.75, 3.05) is 17.6 Å². The van der Waals surface area contributed by atoms with Crippen molar-refractivity contribution in [3.63, 3.8) is 0 Å². The molecular weight excluding hydrogens is 282 g/mol. The van der Waals surface area contributed by atoms with Crippen LogP contribution < -0.4 is 16.4 Å². The summed E-state index contributed by atoms with van der Waals surface area (Å²) in [5, 5.41) is 5.21. The molecular formula is C15H17N5O2. The fourth-order valence-electron chi connectivity index (χ4n) is 1.85. The average Bonchev–Trinajstić information content (AvgIpc) is 2.50. The van der Waals surface area contributed by atoms with Crippen molar-refractivity contribution in [2.45, 2.75) is 13.8 Å². The van der Waals surface area contributed by atoms with Gasteiger partial charge in [0.2, 0.25) is 5.91 Å². The highest BCUT2D eigenvalue weighted by Crippen LogP contribution is 2.17. The number of hydrogen-bond acceptors (Lipinski definition) is 5. The number of nitrogens with one attached hydrogen (secondary N) is 2. The van der Waals surface area contributed by atoms with Crippen molar-refractivity contribution < 1.29 is 9.59 Å². The van der Waals surface area contributed by atoms with Crippen LogP contribution in [0.5, 0.6) is 0 Å². The van der Waals surface area contributed by atoms with Gasteiger partial charge in [0, 0.05) is 18.1 Å². The standard InChI is InChI=1S/C15H17N5O2/c1-9-4-3-5-11(10(9)2)20-12(21)8-19-15(22)13-14(16)18-7-6-17-13/h3-7H,8H2,1-2H3,(H2,16,18)(H,19,22)(H,20,21). The molecule has 0 aliphatic heterocycles. The van der Waals surface area contributed by atoms with Gasteiger partial charge in [0.15, 0.2) is 11.5 Å². The summed E-state index contributed by atoms with van der Waals surface area (Å²) in [6.45, 7) is 3.70. The molecule has 0 saturated carbocycles. The third-order valence-electron chi connectivity index (χ3n) is 3.23. The minimum atomic E-state index is -0.540. The van der Waals surface area contributed by atoms with E-state index in [2.05, 4.69) is 20.6 Å². The number of nitrogens with zero attached hydrogens (tertiary/aromatic N) is 2. The summed E-state index contributed by atoms with van der Waals surface area (Å²) in [7, 11) is 0. The zero-order valence-corrected chi connectivity index (χ0v) is 12.4. The van der Waals surface area contributed by atoms with Gasteiger partial charge in [-0.3, -0.25) is 9.59 Å². The average molecular weight is 299 g/mol. The van der Waals surface area contributed by atoms with Crippen molar-refractivity contribution in [2.24, 2.45) is 0 Å². The van der Waals surface area contributed by atoms with Crippen LogP contribution in [0.15, 0.2) is 30.6 Å². The first-order valence-electron chi connectivity index (χ1n) is 6.69. The molecule has 0 bridgehead atoms. The lowest BCUT2D eigenvalue weighted by Crippen LogP contribution is -2.34. The van der Waals surface area contributed by atoms with E-state index < -0.39 is 5.91 Å². The lowest BCUT2D eigenvalue weighted by atomic mass is 10.1. The molecule has 0 aliphatic rings. The maximum Gasteiger partial charge on any atom is 0.274 e. The molecule has 1 aromatic heterocycles. The van der Waals surface area contributed by atoms with Crippen LogP contribution in [0.3, 0.4) is 0 Å². The molecule has 0 unspecified atom stereocenters. The summed E-state index contributed by atoms with van der Waals surface area (Å²) in [4.78, 5) is 31.4. The van der Waals surface area contributed by atoms with Crippen LogP contribution in [0.25, 0.3) is 0 Å². The molecule has 2 rings (SSSR count). The molecule has 0 aliphatic carbocycles. The Morgan fingerprint density at radius 2 is 1.91 bits per heavy atom. The molecule has 0 spiro atoms. The number of carbonyl (C=O) groups excluding carboxylic acids is 2. The predicted octanol–water partition coefficient (Wildman–Crippen LogP) is 1.04. The minimum Gasteiger partial charge on any atom is -0.382 e. The number of carbonyl (C=O) groups is 2. The molecule has 7 nitrogen and oxygen atoms in total. The molecule has 0 fully saturated rings. The topological polar surface area (TPSA) is 110 Å². The molecule has 0 saturated heterocycles. The number of nitrogens with two attached hydrogens (primary N) is 1. The first kappa shape index (κ1) is 15.4. The van der Waals surface area contributed by atoms with Gasteiger partial charge in [0.05, 0.1) is 6.54 Å². The van der Waals surface area contributed by atoms with E-state index in [1.54, 1.807) is 0 Å². The smallest absolute Gasteiger partial charge is 0.274 e. The molecule has 4 N–H and O–H groups in total. The zero-order chi connectivity index (χ0) is 16.1. The fraction of sp³-hybridized carbons (Fsp3) is 0.200. The van der Waals surface area contributed by atoms with E-state index in [0.717, 1.165) is 16.8 Å². The number of benzene rings is 1. The quantitative estimate of drug-likeness (QED) is 0.781. The van der Waals surface area contributed by atoms with Gasteiger partial charge in [-0.05, 0) is 31.0 Å². The lowest BCUT2D eigenvalue weighted by Gasteiger charge is -2.11. The van der Waals surface area contributed by atoms with Crippen LogP contribution in [-0.4, -0.2) is 28.3 Å². The number of aryl methyl sites for hydroxylation is 1. The molecule has 114 valence electrons. The van der Waals surface area contributed by atoms with Crippen LogP contribution in [0.1, 0.15) is 21.6 Å². The number of nitrogen functional groups attached to an aromatic ring is 1. The minimum absolute atomic E-state index is 0.00189. The summed E-state index contributed by atoms with van der Waals surface area (Å²) < 4.78 is 0. The van der Waals surface area contributed by atoms with E-state index in [1.165, 1.54) is 12.4 Å². The second kappa shape index (κ2) is 6.66. The fourth-order valence-corrected chi connectivity index (χ4v) is 1.85. The summed E-state index contributed by atoms with van der Waals surface area (Å²) in [6, 6.07) is 5.63. The predicted molar refractivity (Wildman–Crippen MR) is 83.3 cm³/mol. The first-order valence-corrected chi connectivity index (χ1v) is 6.69. The van der Waals surface area contributed by atoms with Gasteiger partial charge in [-0.2, -0.15) is 0 Å². The van der Waals surface area contributed by atoms with Gasteiger partial charge >= 0.3 is 0 Å². The van der Waals surface area contributed by atoms with E-state index in [9.17, 15) is 9.59 Å². The highest BCUT2D eigenvalue weighted by molar-refractivity contribution is 6.00. The Kier molecular flexibility index (Phi) is 4.67. The van der Waals surface area contributed by atoms with Gasteiger partial charge < -0.3 is 16.4 Å². The van der Waals surface area contributed by atoms with Gasteiger partial charge in [-0.1, -0.05) is 12.1 Å². The van der Waals surface area contributed by atoms with E-state index in [0.29, 0.717) is 0 Å². The summed E-state index contributed by atoms with van der Waals surface area (Å²) in [6.07, 6.45) is 2.75. The Labute approximate surface area is 128 Å². The number of hydrogen-bond donors (Lipinski definition) is 3. The highest BCUT2D eigenvalue weighted by Gasteiger charge is 2.13. The zero-order valence-electron chi connectivity index (χ0n) is 12.4. The first-order chi connectivity index (χ1) is 10.5. The van der Waals surface area contributed by atoms with Crippen LogP contribution in [0.4, 0.5) is 11.5 Å². The van der Waals surface area contributed by atoms with Crippen molar-refractivity contribution in [1.29, 1.82) is 0 Å². The molecule has 7 heteroatoms. The second-order valence-corrected chi connectivity index (χ2v) is 4.77. The second-order valence-electron chi connectivity index (χ2n) is 4.77. The third-order valence-corrected chi connectivity index (χ3v) is 3.23. The van der Waals surface area contributed by atoms with Gasteiger partial charge in [0.25, 0.3) is 5.91 Å². The molecule has 2 amide bonds. The highest BCUT2D eigenvalue weighted by atomic mass is 16.2. The van der Waals surface area contributed by atoms with Crippen LogP contribution in [0.2, 0.25) is 0 Å². The number of aromatic nitrogens is 2. The van der Waals surface area contributed by atoms with E-state index in [1.807, 2.05) is 32.0 Å². The van der Waals surface area contributed by atoms with Crippen LogP contribution >= 0.6 is 0 Å². The SMILES string of the molecule is Cc1cccc(NC(=O)CNC(=O)c2nccnc2N)c1C. The largest absolute Gasteiger partial charge is 0.382 e. The summed E-state index contributed by atoms with van der Waals surface area (Å²) >= 11 is 0. The van der Waals surface area contributed by atoms with Crippen molar-refractivity contribution >= 4 is 23.3 Å². The molecule has 1 heterocycles. The summed E-state index contributed by atoms with van der Waals surface area (Å²) in [5.41, 5.74) is 8.34. The Morgan fingerprint density at radius 1 is 1.18 bits per heavy atom. The van der Waals surface area contributed by atoms with Crippen LogP contribution in [0, 0.1) is 13.8 Å². The summed E-state index contributed by atoms with van der Waals surface area (Å²) in [5.74, 6) is -0.846. The maximum absolute atomic E-state index is 11.9. The van der Waals surface area contributed by atoms with Crippen molar-refractivity contribution in [1.82, 2.24) is 15.3 Å². The maximum atomic E-state index is 11.9. The monoisotopic (exact) mass is 299 g/mol. The van der Waals surface area contributed by atoms with Gasteiger partial charge in [-0.15, -0.1) is 0 Å². The number of amides is 2. The number of rotatable bonds is 4. The molecule has 2 aromatic rings. The van der Waals surface area contributed by atoms with E-state index in [4.69, 9.17) is 5.73 Å². The Bertz CT molecular complexity index is 715. The number of anilines is 2. The van der Waals surface area contributed by atoms with E-state index in [-0.39, 0.29) is 24.0 Å². The van der Waals surface area contributed by atoms with Crippen molar-refractivity contribution in [3.05, 3.63) is 47.4 Å².